The van der Waals surface area contributed by atoms with Crippen LogP contribution in [0.15, 0.2) is 23.0 Å². The summed E-state index contributed by atoms with van der Waals surface area (Å²) in [5.41, 5.74) is 0. The summed E-state index contributed by atoms with van der Waals surface area (Å²) in [6.07, 6.45) is 3.81. The molecule has 0 unspecified atom stereocenters. The van der Waals surface area contributed by atoms with Crippen LogP contribution in [0.4, 0.5) is 0 Å². The molecular formula is C12H15N5O3S. The maximum Gasteiger partial charge on any atom is 0.240 e. The summed E-state index contributed by atoms with van der Waals surface area (Å²) in [5, 5.41) is 3.83. The van der Waals surface area contributed by atoms with Crippen molar-refractivity contribution in [1.29, 1.82) is 0 Å². The lowest BCUT2D eigenvalue weighted by Crippen LogP contribution is -2.49. The highest BCUT2D eigenvalue weighted by Crippen LogP contribution is 2.29. The van der Waals surface area contributed by atoms with Crippen molar-refractivity contribution in [3.05, 3.63) is 24.4 Å². The maximum absolute atomic E-state index is 11.9. The number of sulfonamides is 1. The minimum atomic E-state index is -3.14. The first-order valence-electron chi connectivity index (χ1n) is 6.69. The summed E-state index contributed by atoms with van der Waals surface area (Å²) in [7, 11) is -3.14. The Hall–Kier alpha value is -1.87. The molecule has 9 heteroatoms. The van der Waals surface area contributed by atoms with Gasteiger partial charge in [0.15, 0.2) is 0 Å². The Morgan fingerprint density at radius 1 is 1.29 bits per heavy atom. The van der Waals surface area contributed by atoms with E-state index in [-0.39, 0.29) is 11.7 Å². The Balaban J connectivity index is 1.67. The van der Waals surface area contributed by atoms with E-state index in [1.807, 2.05) is 6.92 Å². The average Bonchev–Trinajstić information content (AvgIpc) is 2.87. The molecule has 0 N–H and O–H groups in total. The summed E-state index contributed by atoms with van der Waals surface area (Å²) in [5.74, 6) is 1.26. The molecule has 2 aromatic heterocycles. The third kappa shape index (κ3) is 2.79. The molecule has 1 saturated heterocycles. The molecule has 2 aromatic rings. The van der Waals surface area contributed by atoms with Crippen molar-refractivity contribution in [1.82, 2.24) is 24.4 Å². The van der Waals surface area contributed by atoms with Crippen LogP contribution in [0.5, 0.6) is 0 Å². The molecule has 1 fully saturated rings. The highest BCUT2D eigenvalue weighted by atomic mass is 32.2. The SMILES string of the molecule is CCCS(=O)(=O)N1CC(c2nc(-c3ncccn3)no2)C1. The highest BCUT2D eigenvalue weighted by Gasteiger charge is 2.39. The molecule has 0 atom stereocenters. The van der Waals surface area contributed by atoms with Gasteiger partial charge in [-0.2, -0.15) is 4.98 Å². The zero-order valence-electron chi connectivity index (χ0n) is 11.5. The molecule has 1 aliphatic heterocycles. The lowest BCUT2D eigenvalue weighted by atomic mass is 10.0. The van der Waals surface area contributed by atoms with Crippen LogP contribution in [0, 0.1) is 0 Å². The maximum atomic E-state index is 11.9. The van der Waals surface area contributed by atoms with Crippen molar-refractivity contribution in [2.45, 2.75) is 19.3 Å². The number of hydrogen-bond donors (Lipinski definition) is 0. The molecule has 0 radical (unpaired) electrons. The molecule has 0 aliphatic carbocycles. The van der Waals surface area contributed by atoms with E-state index in [9.17, 15) is 8.42 Å². The fourth-order valence-electron chi connectivity index (χ4n) is 2.11. The average molecular weight is 309 g/mol. The van der Waals surface area contributed by atoms with E-state index in [4.69, 9.17) is 4.52 Å². The van der Waals surface area contributed by atoms with Crippen LogP contribution in [0.1, 0.15) is 25.2 Å². The van der Waals surface area contributed by atoms with Crippen LogP contribution in [0.3, 0.4) is 0 Å². The van der Waals surface area contributed by atoms with Gasteiger partial charge in [0.1, 0.15) is 0 Å². The van der Waals surface area contributed by atoms with Crippen LogP contribution >= 0.6 is 0 Å². The van der Waals surface area contributed by atoms with E-state index in [2.05, 4.69) is 20.1 Å². The second kappa shape index (κ2) is 5.49. The molecule has 0 aromatic carbocycles. The fraction of sp³-hybridized carbons (Fsp3) is 0.500. The van der Waals surface area contributed by atoms with Gasteiger partial charge >= 0.3 is 0 Å². The van der Waals surface area contributed by atoms with E-state index in [1.165, 1.54) is 4.31 Å². The Bertz CT molecular complexity index is 710. The summed E-state index contributed by atoms with van der Waals surface area (Å²) in [6.45, 7) is 2.62. The van der Waals surface area contributed by atoms with Gasteiger partial charge in [0.2, 0.25) is 27.6 Å². The Kier molecular flexibility index (Phi) is 3.68. The first kappa shape index (κ1) is 14.1. The Morgan fingerprint density at radius 2 is 2.00 bits per heavy atom. The zero-order valence-corrected chi connectivity index (χ0v) is 12.3. The molecule has 0 spiro atoms. The fourth-order valence-corrected chi connectivity index (χ4v) is 3.70. The van der Waals surface area contributed by atoms with Crippen LogP contribution < -0.4 is 0 Å². The summed E-state index contributed by atoms with van der Waals surface area (Å²) in [6, 6.07) is 1.70. The number of nitrogens with zero attached hydrogens (tertiary/aromatic N) is 5. The Labute approximate surface area is 122 Å². The van der Waals surface area contributed by atoms with Crippen molar-refractivity contribution in [2.24, 2.45) is 0 Å². The van der Waals surface area contributed by atoms with Crippen molar-refractivity contribution in [3.8, 4) is 11.6 Å². The summed E-state index contributed by atoms with van der Waals surface area (Å²) in [4.78, 5) is 12.3. The number of aromatic nitrogens is 4. The summed E-state index contributed by atoms with van der Waals surface area (Å²) >= 11 is 0. The number of hydrogen-bond acceptors (Lipinski definition) is 7. The van der Waals surface area contributed by atoms with Gasteiger partial charge in [-0.1, -0.05) is 12.1 Å². The van der Waals surface area contributed by atoms with Crippen LogP contribution in [-0.4, -0.2) is 51.7 Å². The quantitative estimate of drug-likeness (QED) is 0.799. The van der Waals surface area contributed by atoms with Gasteiger partial charge in [0, 0.05) is 25.5 Å². The lowest BCUT2D eigenvalue weighted by Gasteiger charge is -2.35. The standard InChI is InChI=1S/C12H15N5O3S/c1-2-6-21(18,19)17-7-9(8-17)12-15-11(16-20-12)10-13-4-3-5-14-10/h3-5,9H,2,6-8H2,1H3. The van der Waals surface area contributed by atoms with Crippen molar-refractivity contribution >= 4 is 10.0 Å². The van der Waals surface area contributed by atoms with Gasteiger partial charge in [0.25, 0.3) is 0 Å². The van der Waals surface area contributed by atoms with E-state index in [1.54, 1.807) is 18.5 Å². The van der Waals surface area contributed by atoms with E-state index in [0.29, 0.717) is 37.0 Å². The molecule has 21 heavy (non-hydrogen) atoms. The smallest absolute Gasteiger partial charge is 0.240 e. The second-order valence-electron chi connectivity index (χ2n) is 4.86. The molecule has 8 nitrogen and oxygen atoms in total. The monoisotopic (exact) mass is 309 g/mol. The third-order valence-electron chi connectivity index (χ3n) is 3.26. The predicted octanol–water partition coefficient (Wildman–Crippen LogP) is 0.666. The van der Waals surface area contributed by atoms with Gasteiger partial charge in [-0.05, 0) is 12.5 Å². The molecule has 0 bridgehead atoms. The number of rotatable bonds is 5. The van der Waals surface area contributed by atoms with Crippen LogP contribution in [0.2, 0.25) is 0 Å². The first-order chi connectivity index (χ1) is 10.1. The molecule has 1 aliphatic rings. The first-order valence-corrected chi connectivity index (χ1v) is 8.30. The van der Waals surface area contributed by atoms with Gasteiger partial charge < -0.3 is 4.52 Å². The normalized spacial score (nSPS) is 16.8. The van der Waals surface area contributed by atoms with Gasteiger partial charge in [-0.15, -0.1) is 0 Å². The van der Waals surface area contributed by atoms with Crippen molar-refractivity contribution in [3.63, 3.8) is 0 Å². The van der Waals surface area contributed by atoms with Crippen LogP contribution in [-0.2, 0) is 10.0 Å². The molecule has 0 amide bonds. The minimum absolute atomic E-state index is 0.0541. The molecular weight excluding hydrogens is 294 g/mol. The largest absolute Gasteiger partial charge is 0.338 e. The molecule has 3 rings (SSSR count). The van der Waals surface area contributed by atoms with Crippen LogP contribution in [0.25, 0.3) is 11.6 Å². The lowest BCUT2D eigenvalue weighted by molar-refractivity contribution is 0.217. The van der Waals surface area contributed by atoms with E-state index >= 15 is 0 Å². The zero-order chi connectivity index (χ0) is 14.9. The molecule has 0 saturated carbocycles. The topological polar surface area (TPSA) is 102 Å². The summed E-state index contributed by atoms with van der Waals surface area (Å²) < 4.78 is 30.3. The molecule has 112 valence electrons. The van der Waals surface area contributed by atoms with Gasteiger partial charge in [0.05, 0.1) is 11.7 Å². The van der Waals surface area contributed by atoms with E-state index in [0.717, 1.165) is 0 Å². The minimum Gasteiger partial charge on any atom is -0.338 e. The predicted molar refractivity (Wildman–Crippen MR) is 73.7 cm³/mol. The molecule has 3 heterocycles. The van der Waals surface area contributed by atoms with E-state index < -0.39 is 10.0 Å². The van der Waals surface area contributed by atoms with Gasteiger partial charge in [-0.3, -0.25) is 0 Å². The van der Waals surface area contributed by atoms with Crippen molar-refractivity contribution < 1.29 is 12.9 Å². The third-order valence-corrected chi connectivity index (χ3v) is 5.27. The van der Waals surface area contributed by atoms with Crippen molar-refractivity contribution in [2.75, 3.05) is 18.8 Å². The van der Waals surface area contributed by atoms with Gasteiger partial charge in [-0.25, -0.2) is 22.7 Å². The Morgan fingerprint density at radius 3 is 2.67 bits per heavy atom. The highest BCUT2D eigenvalue weighted by molar-refractivity contribution is 7.89. The second-order valence-corrected chi connectivity index (χ2v) is 6.95.